The molecule has 0 fully saturated rings. The summed E-state index contributed by atoms with van der Waals surface area (Å²) >= 11 is 0. The second-order valence-corrected chi connectivity index (χ2v) is 5.46. The van der Waals surface area contributed by atoms with Crippen LogP contribution in [0.5, 0.6) is 0 Å². The van der Waals surface area contributed by atoms with E-state index in [0.717, 1.165) is 35.4 Å². The van der Waals surface area contributed by atoms with Gasteiger partial charge in [-0.15, -0.1) is 0 Å². The van der Waals surface area contributed by atoms with E-state index in [1.54, 1.807) is 19.1 Å². The van der Waals surface area contributed by atoms with Crippen LogP contribution in [-0.4, -0.2) is 16.2 Å². The predicted molar refractivity (Wildman–Crippen MR) is 89.9 cm³/mol. The van der Waals surface area contributed by atoms with Crippen molar-refractivity contribution in [1.82, 2.24) is 15.5 Å². The Hall–Kier alpha value is -2.83. The van der Waals surface area contributed by atoms with Gasteiger partial charge in [-0.05, 0) is 18.6 Å². The Bertz CT molecular complexity index is 844. The maximum absolute atomic E-state index is 12.1. The fourth-order valence-corrected chi connectivity index (χ4v) is 2.60. The molecule has 2 heterocycles. The SMILES string of the molecule is CCc1noc(CC)c1CNC(=O)Nc1ccc2nc(C)oc2c1. The van der Waals surface area contributed by atoms with Gasteiger partial charge in [-0.3, -0.25) is 0 Å². The molecule has 2 aromatic heterocycles. The minimum atomic E-state index is -0.295. The average molecular weight is 328 g/mol. The second-order valence-electron chi connectivity index (χ2n) is 5.46. The molecule has 1 aromatic carbocycles. The molecule has 0 aliphatic carbocycles. The fraction of sp³-hybridized carbons (Fsp3) is 0.353. The number of oxazole rings is 1. The Balaban J connectivity index is 1.65. The Morgan fingerprint density at radius 1 is 1.25 bits per heavy atom. The molecule has 2 N–H and O–H groups in total. The van der Waals surface area contributed by atoms with Crippen LogP contribution in [0.2, 0.25) is 0 Å². The molecule has 0 bridgehead atoms. The summed E-state index contributed by atoms with van der Waals surface area (Å²) in [4.78, 5) is 16.4. The number of hydrogen-bond acceptors (Lipinski definition) is 5. The minimum Gasteiger partial charge on any atom is -0.441 e. The summed E-state index contributed by atoms with van der Waals surface area (Å²) in [6, 6.07) is 5.06. The van der Waals surface area contributed by atoms with Crippen LogP contribution in [0.25, 0.3) is 11.1 Å². The highest BCUT2D eigenvalue weighted by atomic mass is 16.5. The number of benzene rings is 1. The Morgan fingerprint density at radius 2 is 2.08 bits per heavy atom. The Morgan fingerprint density at radius 3 is 2.83 bits per heavy atom. The number of carbonyl (C=O) groups excluding carboxylic acids is 1. The van der Waals surface area contributed by atoms with Gasteiger partial charge >= 0.3 is 6.03 Å². The van der Waals surface area contributed by atoms with Crippen molar-refractivity contribution in [2.75, 3.05) is 5.32 Å². The number of hydrogen-bond donors (Lipinski definition) is 2. The van der Waals surface area contributed by atoms with Crippen LogP contribution in [-0.2, 0) is 19.4 Å². The van der Waals surface area contributed by atoms with Gasteiger partial charge in [-0.25, -0.2) is 9.78 Å². The number of rotatable bonds is 5. The van der Waals surface area contributed by atoms with Crippen LogP contribution in [0.4, 0.5) is 10.5 Å². The third-order valence-electron chi connectivity index (χ3n) is 3.79. The highest BCUT2D eigenvalue weighted by Gasteiger charge is 2.14. The highest BCUT2D eigenvalue weighted by molar-refractivity contribution is 5.91. The second kappa shape index (κ2) is 6.74. The first-order valence-electron chi connectivity index (χ1n) is 7.99. The zero-order valence-electron chi connectivity index (χ0n) is 14.0. The first-order valence-corrected chi connectivity index (χ1v) is 7.99. The van der Waals surface area contributed by atoms with E-state index in [0.29, 0.717) is 23.7 Å². The molecule has 7 nitrogen and oxygen atoms in total. The van der Waals surface area contributed by atoms with Gasteiger partial charge in [-0.1, -0.05) is 19.0 Å². The summed E-state index contributed by atoms with van der Waals surface area (Å²) in [5.41, 5.74) is 3.89. The molecule has 0 aliphatic rings. The molecule has 3 rings (SSSR count). The quantitative estimate of drug-likeness (QED) is 0.747. The molecular formula is C17H20N4O3. The number of anilines is 1. The van der Waals surface area contributed by atoms with Gasteiger partial charge in [0.1, 0.15) is 11.3 Å². The van der Waals surface area contributed by atoms with Crippen LogP contribution in [0, 0.1) is 6.92 Å². The maximum Gasteiger partial charge on any atom is 0.319 e. The lowest BCUT2D eigenvalue weighted by atomic mass is 10.1. The van der Waals surface area contributed by atoms with Gasteiger partial charge in [0.05, 0.1) is 5.69 Å². The average Bonchev–Trinajstić information content (AvgIpc) is 3.13. The van der Waals surface area contributed by atoms with E-state index >= 15 is 0 Å². The summed E-state index contributed by atoms with van der Waals surface area (Å²) in [5, 5.41) is 9.67. The fourth-order valence-electron chi connectivity index (χ4n) is 2.60. The normalized spacial score (nSPS) is 11.0. The largest absolute Gasteiger partial charge is 0.441 e. The first kappa shape index (κ1) is 16.0. The molecule has 0 saturated heterocycles. The van der Waals surface area contributed by atoms with Crippen molar-refractivity contribution in [3.63, 3.8) is 0 Å². The molecule has 2 amide bonds. The van der Waals surface area contributed by atoms with Crippen LogP contribution in [0.3, 0.4) is 0 Å². The summed E-state index contributed by atoms with van der Waals surface area (Å²) in [6.07, 6.45) is 1.51. The van der Waals surface area contributed by atoms with E-state index in [1.165, 1.54) is 0 Å². The van der Waals surface area contributed by atoms with E-state index in [-0.39, 0.29) is 6.03 Å². The summed E-state index contributed by atoms with van der Waals surface area (Å²) in [6.45, 7) is 6.17. The molecule has 0 atom stereocenters. The number of urea groups is 1. The van der Waals surface area contributed by atoms with Crippen LogP contribution in [0.1, 0.15) is 36.8 Å². The van der Waals surface area contributed by atoms with Gasteiger partial charge in [-0.2, -0.15) is 0 Å². The van der Waals surface area contributed by atoms with Crippen LogP contribution >= 0.6 is 0 Å². The molecule has 7 heteroatoms. The van der Waals surface area contributed by atoms with Crippen molar-refractivity contribution in [1.29, 1.82) is 0 Å². The maximum atomic E-state index is 12.1. The van der Waals surface area contributed by atoms with E-state index in [1.807, 2.05) is 19.9 Å². The Labute approximate surface area is 139 Å². The molecular weight excluding hydrogens is 308 g/mol. The molecule has 3 aromatic rings. The lowest BCUT2D eigenvalue weighted by Crippen LogP contribution is -2.28. The number of aryl methyl sites for hydroxylation is 3. The van der Waals surface area contributed by atoms with Crippen molar-refractivity contribution in [3.8, 4) is 0 Å². The molecule has 24 heavy (non-hydrogen) atoms. The number of aromatic nitrogens is 2. The number of nitrogens with zero attached hydrogens (tertiary/aromatic N) is 2. The molecule has 0 aliphatic heterocycles. The van der Waals surface area contributed by atoms with E-state index < -0.39 is 0 Å². The van der Waals surface area contributed by atoms with Gasteiger partial charge in [0.2, 0.25) is 0 Å². The van der Waals surface area contributed by atoms with Gasteiger partial charge < -0.3 is 19.6 Å². The van der Waals surface area contributed by atoms with Crippen molar-refractivity contribution in [2.24, 2.45) is 0 Å². The topological polar surface area (TPSA) is 93.2 Å². The number of nitrogens with one attached hydrogen (secondary N) is 2. The lowest BCUT2D eigenvalue weighted by Gasteiger charge is -2.08. The number of fused-ring (bicyclic) bond motifs is 1. The zero-order valence-corrected chi connectivity index (χ0v) is 14.0. The molecule has 0 spiro atoms. The van der Waals surface area contributed by atoms with E-state index in [2.05, 4.69) is 20.8 Å². The first-order chi connectivity index (χ1) is 11.6. The highest BCUT2D eigenvalue weighted by Crippen LogP contribution is 2.20. The van der Waals surface area contributed by atoms with Crippen LogP contribution in [0.15, 0.2) is 27.1 Å². The summed E-state index contributed by atoms with van der Waals surface area (Å²) in [7, 11) is 0. The molecule has 0 unspecified atom stereocenters. The zero-order chi connectivity index (χ0) is 17.1. The van der Waals surface area contributed by atoms with Crippen molar-refractivity contribution >= 4 is 22.8 Å². The van der Waals surface area contributed by atoms with Gasteiger partial charge in [0, 0.05) is 37.2 Å². The van der Waals surface area contributed by atoms with E-state index in [9.17, 15) is 4.79 Å². The Kier molecular flexibility index (Phi) is 4.50. The third kappa shape index (κ3) is 3.24. The van der Waals surface area contributed by atoms with Crippen molar-refractivity contribution in [2.45, 2.75) is 40.2 Å². The van der Waals surface area contributed by atoms with Crippen molar-refractivity contribution < 1.29 is 13.7 Å². The standard InChI is InChI=1S/C17H20N4O3/c1-4-13-12(15(5-2)24-21-13)9-18-17(22)20-11-6-7-14-16(8-11)23-10(3)19-14/h6-8H,4-5,9H2,1-3H3,(H2,18,20,22). The van der Waals surface area contributed by atoms with Crippen molar-refractivity contribution in [3.05, 3.63) is 41.1 Å². The third-order valence-corrected chi connectivity index (χ3v) is 3.79. The lowest BCUT2D eigenvalue weighted by molar-refractivity contribution is 0.251. The molecule has 126 valence electrons. The monoisotopic (exact) mass is 328 g/mol. The smallest absolute Gasteiger partial charge is 0.319 e. The molecule has 0 saturated carbocycles. The number of amides is 2. The van der Waals surface area contributed by atoms with E-state index in [4.69, 9.17) is 8.94 Å². The predicted octanol–water partition coefficient (Wildman–Crippen LogP) is 3.57. The summed E-state index contributed by atoms with van der Waals surface area (Å²) in [5.74, 6) is 1.41. The number of carbonyl (C=O) groups is 1. The molecule has 0 radical (unpaired) electrons. The van der Waals surface area contributed by atoms with Gasteiger partial charge in [0.25, 0.3) is 0 Å². The summed E-state index contributed by atoms with van der Waals surface area (Å²) < 4.78 is 10.8. The van der Waals surface area contributed by atoms with Gasteiger partial charge in [0.15, 0.2) is 11.5 Å². The van der Waals surface area contributed by atoms with Crippen LogP contribution < -0.4 is 10.6 Å². The minimum absolute atomic E-state index is 0.295.